The lowest BCUT2D eigenvalue weighted by Crippen LogP contribution is -2.37. The molecule has 5 aromatic rings. The molecule has 4 aromatic carbocycles. The molecule has 26 heavy (non-hydrogen) atoms. The Morgan fingerprint density at radius 3 is 2.12 bits per heavy atom. The monoisotopic (exact) mass is 353 g/mol. The van der Waals surface area contributed by atoms with Crippen LogP contribution in [0.2, 0.25) is 19.6 Å². The van der Waals surface area contributed by atoms with Crippen LogP contribution in [-0.4, -0.2) is 12.6 Å². The number of benzene rings is 4. The van der Waals surface area contributed by atoms with Crippen molar-refractivity contribution < 1.29 is 0 Å². The number of fused-ring (bicyclic) bond motifs is 6. The molecule has 1 aromatic heterocycles. The Hall–Kier alpha value is -2.58. The molecule has 128 valence electrons. The van der Waals surface area contributed by atoms with Gasteiger partial charge in [0.25, 0.3) is 0 Å². The largest absolute Gasteiger partial charge is 0.343 e. The summed E-state index contributed by atoms with van der Waals surface area (Å²) in [5, 5.41) is 9.54. The van der Waals surface area contributed by atoms with E-state index >= 15 is 0 Å². The second-order valence-corrected chi connectivity index (χ2v) is 13.5. The molecule has 0 saturated carbocycles. The highest BCUT2D eigenvalue weighted by Crippen LogP contribution is 2.35. The van der Waals surface area contributed by atoms with E-state index in [1.54, 1.807) is 0 Å². The van der Waals surface area contributed by atoms with E-state index in [4.69, 9.17) is 0 Å². The van der Waals surface area contributed by atoms with Crippen LogP contribution in [0.1, 0.15) is 0 Å². The smallest absolute Gasteiger partial charge is 0.0776 e. The Kier molecular flexibility index (Phi) is 3.14. The van der Waals surface area contributed by atoms with Gasteiger partial charge in [-0.1, -0.05) is 73.4 Å². The molecule has 0 saturated heterocycles. The summed E-state index contributed by atoms with van der Waals surface area (Å²) in [6, 6.07) is 25.0. The molecule has 0 amide bonds. The van der Waals surface area contributed by atoms with Gasteiger partial charge in [-0.05, 0) is 34.4 Å². The average molecular weight is 354 g/mol. The third kappa shape index (κ3) is 2.15. The van der Waals surface area contributed by atoms with Crippen LogP contribution >= 0.6 is 0 Å². The van der Waals surface area contributed by atoms with Crippen LogP contribution in [0.3, 0.4) is 0 Å². The van der Waals surface area contributed by atoms with Crippen LogP contribution in [0.4, 0.5) is 0 Å². The van der Waals surface area contributed by atoms with Crippen molar-refractivity contribution in [3.63, 3.8) is 0 Å². The molecule has 1 nitrogen and oxygen atoms in total. The van der Waals surface area contributed by atoms with Crippen LogP contribution in [0.15, 0.2) is 66.7 Å². The third-order valence-electron chi connectivity index (χ3n) is 5.71. The molecule has 0 fully saturated rings. The maximum atomic E-state index is 2.44. The van der Waals surface area contributed by atoms with E-state index in [2.05, 4.69) is 98.0 Å². The van der Waals surface area contributed by atoms with Crippen LogP contribution in [0, 0.1) is 0 Å². The lowest BCUT2D eigenvalue weighted by molar-refractivity contribution is 1.02. The molecule has 0 aliphatic heterocycles. The van der Waals surface area contributed by atoms with Crippen molar-refractivity contribution in [2.75, 3.05) is 0 Å². The highest BCUT2D eigenvalue weighted by molar-refractivity contribution is 6.88. The summed E-state index contributed by atoms with van der Waals surface area (Å²) in [5.41, 5.74) is 2.67. The van der Waals surface area contributed by atoms with Crippen LogP contribution in [0.25, 0.3) is 43.4 Å². The van der Waals surface area contributed by atoms with Gasteiger partial charge in [0.1, 0.15) is 0 Å². The molecule has 0 spiro atoms. The Bertz CT molecular complexity index is 1320. The summed E-state index contributed by atoms with van der Waals surface area (Å²) in [6.07, 6.45) is 0. The van der Waals surface area contributed by atoms with Gasteiger partial charge in [0.2, 0.25) is 0 Å². The highest BCUT2D eigenvalue weighted by atomic mass is 28.3. The number of hydrogen-bond acceptors (Lipinski definition) is 0. The highest BCUT2D eigenvalue weighted by Gasteiger charge is 2.19. The predicted molar refractivity (Wildman–Crippen MR) is 118 cm³/mol. The topological polar surface area (TPSA) is 4.93 Å². The lowest BCUT2D eigenvalue weighted by atomic mass is 10.0. The van der Waals surface area contributed by atoms with Gasteiger partial charge in [-0.15, -0.1) is 0 Å². The molecule has 0 unspecified atom stereocenters. The fourth-order valence-electron chi connectivity index (χ4n) is 4.21. The number of rotatable bonds is 1. The van der Waals surface area contributed by atoms with Crippen molar-refractivity contribution in [3.05, 3.63) is 66.7 Å². The molecule has 5 rings (SSSR count). The molecule has 2 heteroatoms. The number of aryl methyl sites for hydroxylation is 1. The minimum absolute atomic E-state index is 1.30. The van der Waals surface area contributed by atoms with Crippen molar-refractivity contribution in [2.45, 2.75) is 19.6 Å². The van der Waals surface area contributed by atoms with E-state index in [0.717, 1.165) is 0 Å². The summed E-state index contributed by atoms with van der Waals surface area (Å²) < 4.78 is 2.37. The molecular formula is C24H23NSi. The summed E-state index contributed by atoms with van der Waals surface area (Å²) in [5.74, 6) is 0. The van der Waals surface area contributed by atoms with Crippen molar-refractivity contribution >= 4 is 56.6 Å². The molecule has 0 bridgehead atoms. The van der Waals surface area contributed by atoms with E-state index in [-0.39, 0.29) is 0 Å². The molecular weight excluding hydrogens is 330 g/mol. The van der Waals surface area contributed by atoms with Gasteiger partial charge in [-0.25, -0.2) is 0 Å². The first-order chi connectivity index (χ1) is 12.4. The minimum Gasteiger partial charge on any atom is -0.343 e. The maximum Gasteiger partial charge on any atom is 0.0776 e. The van der Waals surface area contributed by atoms with Gasteiger partial charge in [-0.3, -0.25) is 0 Å². The Morgan fingerprint density at radius 1 is 0.654 bits per heavy atom. The first-order valence-corrected chi connectivity index (χ1v) is 12.8. The average Bonchev–Trinajstić information content (AvgIpc) is 2.92. The van der Waals surface area contributed by atoms with Crippen LogP contribution in [-0.2, 0) is 7.05 Å². The molecule has 0 atom stereocenters. The summed E-state index contributed by atoms with van der Waals surface area (Å²) in [6.45, 7) is 7.25. The van der Waals surface area contributed by atoms with E-state index < -0.39 is 8.07 Å². The zero-order chi connectivity index (χ0) is 18.1. The molecule has 0 radical (unpaired) electrons. The van der Waals surface area contributed by atoms with Crippen molar-refractivity contribution in [3.8, 4) is 0 Å². The van der Waals surface area contributed by atoms with Crippen LogP contribution in [0.5, 0.6) is 0 Å². The van der Waals surface area contributed by atoms with Crippen molar-refractivity contribution in [1.82, 2.24) is 4.57 Å². The zero-order valence-corrected chi connectivity index (χ0v) is 16.8. The predicted octanol–water partition coefficient (Wildman–Crippen LogP) is 6.18. The Balaban J connectivity index is 1.96. The lowest BCUT2D eigenvalue weighted by Gasteiger charge is -2.16. The minimum atomic E-state index is -1.33. The summed E-state index contributed by atoms with van der Waals surface area (Å²) in [4.78, 5) is 0. The van der Waals surface area contributed by atoms with Gasteiger partial charge in [0, 0.05) is 28.7 Å². The van der Waals surface area contributed by atoms with Gasteiger partial charge >= 0.3 is 0 Å². The van der Waals surface area contributed by atoms with Gasteiger partial charge < -0.3 is 4.57 Å². The SMILES string of the molecule is Cn1c2ccc([Si](C)(C)C)cc2c2ccc3cc4ccccc4cc3c21. The zero-order valence-electron chi connectivity index (χ0n) is 15.8. The first kappa shape index (κ1) is 15.7. The van der Waals surface area contributed by atoms with E-state index in [1.165, 1.54) is 48.5 Å². The second kappa shape index (κ2) is 5.21. The number of aromatic nitrogens is 1. The van der Waals surface area contributed by atoms with Gasteiger partial charge in [0.15, 0.2) is 0 Å². The second-order valence-electron chi connectivity index (χ2n) is 8.42. The Labute approximate surface area is 154 Å². The normalized spacial score (nSPS) is 12.6. The molecule has 0 aliphatic rings. The van der Waals surface area contributed by atoms with E-state index in [0.29, 0.717) is 0 Å². The van der Waals surface area contributed by atoms with Crippen LogP contribution < -0.4 is 5.19 Å². The van der Waals surface area contributed by atoms with Gasteiger partial charge in [-0.2, -0.15) is 0 Å². The standard InChI is InChI=1S/C24H23NSi/c1-25-23-12-10-19(26(2,3)4)15-22(23)20-11-9-18-13-16-7-5-6-8-17(16)14-21(18)24(20)25/h5-15H,1-4H3. The first-order valence-electron chi connectivity index (χ1n) is 9.28. The maximum absolute atomic E-state index is 2.44. The van der Waals surface area contributed by atoms with E-state index in [9.17, 15) is 0 Å². The fraction of sp³-hybridized carbons (Fsp3) is 0.167. The molecule has 0 aliphatic carbocycles. The van der Waals surface area contributed by atoms with E-state index in [1.807, 2.05) is 0 Å². The Morgan fingerprint density at radius 2 is 1.38 bits per heavy atom. The van der Waals surface area contributed by atoms with Crippen molar-refractivity contribution in [2.24, 2.45) is 7.05 Å². The van der Waals surface area contributed by atoms with Gasteiger partial charge in [0.05, 0.1) is 13.6 Å². The number of hydrogen-bond donors (Lipinski definition) is 0. The molecule has 0 N–H and O–H groups in total. The molecule has 1 heterocycles. The van der Waals surface area contributed by atoms with Crippen molar-refractivity contribution in [1.29, 1.82) is 0 Å². The third-order valence-corrected chi connectivity index (χ3v) is 7.75. The summed E-state index contributed by atoms with van der Waals surface area (Å²) in [7, 11) is 0.874. The number of nitrogens with zero attached hydrogens (tertiary/aromatic N) is 1. The fourth-order valence-corrected chi connectivity index (χ4v) is 5.37. The quantitative estimate of drug-likeness (QED) is 0.250. The summed E-state index contributed by atoms with van der Waals surface area (Å²) >= 11 is 0.